The summed E-state index contributed by atoms with van der Waals surface area (Å²) in [7, 11) is 0. The first-order chi connectivity index (χ1) is 8.61. The third-order valence-electron chi connectivity index (χ3n) is 3.34. The number of hydrogen-bond donors (Lipinski definition) is 0. The molecule has 0 amide bonds. The number of halogens is 4. The second kappa shape index (κ2) is 6.44. The molecule has 1 heterocycles. The Balaban J connectivity index is 2.11. The van der Waals surface area contributed by atoms with E-state index in [1.807, 2.05) is 0 Å². The Morgan fingerprint density at radius 2 is 2.11 bits per heavy atom. The molecule has 18 heavy (non-hydrogen) atoms. The van der Waals surface area contributed by atoms with Crippen LogP contribution < -0.4 is 0 Å². The highest BCUT2D eigenvalue weighted by Crippen LogP contribution is 2.25. The predicted octanol–water partition coefficient (Wildman–Crippen LogP) is 4.33. The molecule has 1 saturated heterocycles. The molecule has 1 aromatic carbocycles. The monoisotopic (exact) mass is 381 g/mol. The molecule has 0 bridgehead atoms. The van der Waals surface area contributed by atoms with Crippen LogP contribution in [0.5, 0.6) is 0 Å². The summed E-state index contributed by atoms with van der Waals surface area (Å²) in [5.74, 6) is -0.357. The quantitative estimate of drug-likeness (QED) is 0.555. The highest BCUT2D eigenvalue weighted by Gasteiger charge is 2.22. The van der Waals surface area contributed by atoms with Gasteiger partial charge in [0.15, 0.2) is 0 Å². The second-order valence-electron chi connectivity index (χ2n) is 4.72. The lowest BCUT2D eigenvalue weighted by molar-refractivity contribution is 0.175. The molecule has 1 nitrogen and oxygen atoms in total. The molecule has 1 aromatic rings. The summed E-state index contributed by atoms with van der Waals surface area (Å²) in [5, 5.41) is 0.951. The van der Waals surface area contributed by atoms with E-state index in [1.54, 1.807) is 0 Å². The molecule has 0 aliphatic carbocycles. The van der Waals surface area contributed by atoms with Crippen LogP contribution in [0.4, 0.5) is 8.78 Å². The summed E-state index contributed by atoms with van der Waals surface area (Å²) >= 11 is 6.58. The van der Waals surface area contributed by atoms with Gasteiger partial charge in [-0.05, 0) is 53.4 Å². The standard InChI is InChI=1S/C13H15Br2F2N/c14-6-9-2-1-5-18(7-9)8-10-12(16)4-3-11(15)13(10)17/h3-4,9H,1-2,5-8H2. The van der Waals surface area contributed by atoms with Crippen LogP contribution in [0.25, 0.3) is 0 Å². The van der Waals surface area contributed by atoms with Gasteiger partial charge in [0.2, 0.25) is 0 Å². The van der Waals surface area contributed by atoms with E-state index in [4.69, 9.17) is 0 Å². The normalized spacial score (nSPS) is 21.2. The fraction of sp³-hybridized carbons (Fsp3) is 0.538. The number of piperidine rings is 1. The number of nitrogens with zero attached hydrogens (tertiary/aromatic N) is 1. The van der Waals surface area contributed by atoms with E-state index in [2.05, 4.69) is 36.8 Å². The van der Waals surface area contributed by atoms with Gasteiger partial charge in [0.1, 0.15) is 11.6 Å². The van der Waals surface area contributed by atoms with Gasteiger partial charge in [-0.2, -0.15) is 0 Å². The van der Waals surface area contributed by atoms with E-state index >= 15 is 0 Å². The third-order valence-corrected chi connectivity index (χ3v) is 4.87. The van der Waals surface area contributed by atoms with Gasteiger partial charge in [-0.3, -0.25) is 4.90 Å². The van der Waals surface area contributed by atoms with Crippen LogP contribution in [0, 0.1) is 17.6 Å². The Kier molecular flexibility index (Phi) is 5.15. The first-order valence-corrected chi connectivity index (χ1v) is 7.94. The van der Waals surface area contributed by atoms with Gasteiger partial charge in [-0.1, -0.05) is 15.9 Å². The van der Waals surface area contributed by atoms with Crippen molar-refractivity contribution in [3.63, 3.8) is 0 Å². The lowest BCUT2D eigenvalue weighted by Crippen LogP contribution is -2.36. The molecule has 1 atom stereocenters. The molecule has 1 unspecified atom stereocenters. The zero-order chi connectivity index (χ0) is 13.1. The van der Waals surface area contributed by atoms with Crippen molar-refractivity contribution in [2.45, 2.75) is 19.4 Å². The molecule has 0 radical (unpaired) electrons. The molecule has 5 heteroatoms. The minimum atomic E-state index is -0.476. The largest absolute Gasteiger partial charge is 0.299 e. The maximum atomic E-state index is 13.9. The molecule has 1 aliphatic rings. The second-order valence-corrected chi connectivity index (χ2v) is 6.22. The Morgan fingerprint density at radius 1 is 1.33 bits per heavy atom. The van der Waals surface area contributed by atoms with Gasteiger partial charge >= 0.3 is 0 Å². The molecule has 1 fully saturated rings. The first kappa shape index (κ1) is 14.4. The van der Waals surface area contributed by atoms with E-state index in [0.29, 0.717) is 16.9 Å². The summed E-state index contributed by atoms with van der Waals surface area (Å²) < 4.78 is 27.9. The minimum Gasteiger partial charge on any atom is -0.299 e. The number of alkyl halides is 1. The number of benzene rings is 1. The number of likely N-dealkylation sites (tertiary alicyclic amines) is 1. The average Bonchev–Trinajstić information content (AvgIpc) is 2.39. The molecule has 100 valence electrons. The fourth-order valence-corrected chi connectivity index (χ4v) is 3.26. The molecule has 2 rings (SSSR count). The molecule has 0 aromatic heterocycles. The van der Waals surface area contributed by atoms with Crippen LogP contribution in [0.2, 0.25) is 0 Å². The Morgan fingerprint density at radius 3 is 2.83 bits per heavy atom. The van der Waals surface area contributed by atoms with Crippen molar-refractivity contribution >= 4 is 31.9 Å². The Bertz CT molecular complexity index is 426. The van der Waals surface area contributed by atoms with Gasteiger partial charge < -0.3 is 0 Å². The zero-order valence-corrected chi connectivity index (χ0v) is 13.1. The summed E-state index contributed by atoms with van der Waals surface area (Å²) in [6, 6.07) is 2.72. The molecule has 0 spiro atoms. The highest BCUT2D eigenvalue weighted by atomic mass is 79.9. The molecular formula is C13H15Br2F2N. The summed E-state index contributed by atoms with van der Waals surface area (Å²) in [4.78, 5) is 2.13. The van der Waals surface area contributed by atoms with Crippen molar-refractivity contribution in [1.82, 2.24) is 4.90 Å². The average molecular weight is 383 g/mol. The van der Waals surface area contributed by atoms with E-state index in [1.165, 1.54) is 18.6 Å². The first-order valence-electron chi connectivity index (χ1n) is 6.02. The minimum absolute atomic E-state index is 0.166. The SMILES string of the molecule is Fc1ccc(Br)c(F)c1CN1CCCC(CBr)C1. The van der Waals surface area contributed by atoms with E-state index < -0.39 is 11.6 Å². The highest BCUT2D eigenvalue weighted by molar-refractivity contribution is 9.10. The van der Waals surface area contributed by atoms with Crippen LogP contribution in [0.15, 0.2) is 16.6 Å². The summed E-state index contributed by atoms with van der Waals surface area (Å²) in [6.45, 7) is 2.16. The van der Waals surface area contributed by atoms with Crippen molar-refractivity contribution in [1.29, 1.82) is 0 Å². The van der Waals surface area contributed by atoms with Crippen LogP contribution in [0.1, 0.15) is 18.4 Å². The summed E-state index contributed by atoms with van der Waals surface area (Å²) in [5.41, 5.74) is 0.166. The van der Waals surface area contributed by atoms with E-state index in [-0.39, 0.29) is 5.56 Å². The van der Waals surface area contributed by atoms with Gasteiger partial charge in [0.25, 0.3) is 0 Å². The number of rotatable bonds is 3. The maximum absolute atomic E-state index is 13.9. The van der Waals surface area contributed by atoms with Crippen molar-refractivity contribution in [2.24, 2.45) is 5.92 Å². The fourth-order valence-electron chi connectivity index (χ4n) is 2.36. The van der Waals surface area contributed by atoms with Crippen LogP contribution >= 0.6 is 31.9 Å². The smallest absolute Gasteiger partial charge is 0.144 e. The van der Waals surface area contributed by atoms with Gasteiger partial charge in [0.05, 0.1) is 4.47 Å². The van der Waals surface area contributed by atoms with E-state index in [9.17, 15) is 8.78 Å². The van der Waals surface area contributed by atoms with Crippen LogP contribution in [-0.2, 0) is 6.54 Å². The molecule has 0 saturated carbocycles. The lowest BCUT2D eigenvalue weighted by Gasteiger charge is -2.32. The topological polar surface area (TPSA) is 3.24 Å². The predicted molar refractivity (Wildman–Crippen MR) is 75.9 cm³/mol. The van der Waals surface area contributed by atoms with Gasteiger partial charge in [-0.25, -0.2) is 8.78 Å². The number of hydrogen-bond acceptors (Lipinski definition) is 1. The summed E-state index contributed by atoms with van der Waals surface area (Å²) in [6.07, 6.45) is 2.28. The maximum Gasteiger partial charge on any atom is 0.144 e. The Labute approximate surface area is 123 Å². The van der Waals surface area contributed by atoms with E-state index in [0.717, 1.165) is 24.8 Å². The van der Waals surface area contributed by atoms with Crippen LogP contribution in [-0.4, -0.2) is 23.3 Å². The third kappa shape index (κ3) is 3.31. The molecule has 1 aliphatic heterocycles. The van der Waals surface area contributed by atoms with Crippen LogP contribution in [0.3, 0.4) is 0 Å². The van der Waals surface area contributed by atoms with Crippen molar-refractivity contribution in [3.05, 3.63) is 33.8 Å². The Hall–Kier alpha value is -0.000000000000000111. The molecular weight excluding hydrogens is 368 g/mol. The van der Waals surface area contributed by atoms with Gasteiger partial charge in [-0.15, -0.1) is 0 Å². The lowest BCUT2D eigenvalue weighted by atomic mass is 9.99. The van der Waals surface area contributed by atoms with Crippen molar-refractivity contribution in [3.8, 4) is 0 Å². The van der Waals surface area contributed by atoms with Gasteiger partial charge in [0, 0.05) is 24.0 Å². The molecule has 0 N–H and O–H groups in total. The zero-order valence-electron chi connectivity index (χ0n) is 9.93. The van der Waals surface area contributed by atoms with Crippen molar-refractivity contribution < 1.29 is 8.78 Å². The van der Waals surface area contributed by atoms with Crippen molar-refractivity contribution in [2.75, 3.05) is 18.4 Å².